The van der Waals surface area contributed by atoms with E-state index in [0.717, 1.165) is 32.7 Å². The van der Waals surface area contributed by atoms with E-state index in [1.165, 1.54) is 22.2 Å². The number of piperazine rings is 1. The van der Waals surface area contributed by atoms with Crippen LogP contribution in [0, 0.1) is 6.92 Å². The largest absolute Gasteiger partial charge is 0.368 e. The number of para-hydroxylation sites is 2. The molecule has 3 aromatic rings. The third kappa shape index (κ3) is 3.32. The van der Waals surface area contributed by atoms with Gasteiger partial charge in [-0.2, -0.15) is 0 Å². The summed E-state index contributed by atoms with van der Waals surface area (Å²) in [6, 6.07) is 18.9. The van der Waals surface area contributed by atoms with Gasteiger partial charge in [-0.15, -0.1) is 0 Å². The lowest BCUT2D eigenvalue weighted by atomic mass is 10.1. The van der Waals surface area contributed by atoms with E-state index in [0.29, 0.717) is 6.42 Å². The summed E-state index contributed by atoms with van der Waals surface area (Å²) in [5.41, 5.74) is 3.79. The van der Waals surface area contributed by atoms with Gasteiger partial charge in [-0.1, -0.05) is 36.4 Å². The van der Waals surface area contributed by atoms with Crippen molar-refractivity contribution in [3.05, 3.63) is 66.4 Å². The molecule has 0 bridgehead atoms. The molecule has 26 heavy (non-hydrogen) atoms. The van der Waals surface area contributed by atoms with Crippen LogP contribution in [0.25, 0.3) is 10.9 Å². The summed E-state index contributed by atoms with van der Waals surface area (Å²) in [5.74, 6) is 0.257. The number of carbonyl (C=O) groups is 1. The first-order valence-electron chi connectivity index (χ1n) is 9.34. The van der Waals surface area contributed by atoms with Gasteiger partial charge in [0, 0.05) is 56.5 Å². The zero-order chi connectivity index (χ0) is 17.9. The quantitative estimate of drug-likeness (QED) is 0.720. The molecule has 1 fully saturated rings. The van der Waals surface area contributed by atoms with Crippen LogP contribution in [0.5, 0.6) is 0 Å². The van der Waals surface area contributed by atoms with Crippen LogP contribution in [0.1, 0.15) is 12.0 Å². The molecule has 0 aliphatic carbocycles. The Kier molecular flexibility index (Phi) is 4.65. The molecular weight excluding hydrogens is 322 g/mol. The highest BCUT2D eigenvalue weighted by atomic mass is 16.2. The predicted octanol–water partition coefficient (Wildman–Crippen LogP) is 3.69. The first kappa shape index (κ1) is 16.7. The van der Waals surface area contributed by atoms with Crippen LogP contribution in [-0.4, -0.2) is 41.6 Å². The monoisotopic (exact) mass is 347 g/mol. The van der Waals surface area contributed by atoms with E-state index in [9.17, 15) is 4.79 Å². The van der Waals surface area contributed by atoms with Crippen molar-refractivity contribution < 1.29 is 4.79 Å². The lowest BCUT2D eigenvalue weighted by molar-refractivity contribution is -0.131. The predicted molar refractivity (Wildman–Crippen MR) is 107 cm³/mol. The minimum Gasteiger partial charge on any atom is -0.368 e. The van der Waals surface area contributed by atoms with Gasteiger partial charge in [-0.25, -0.2) is 0 Å². The molecule has 0 unspecified atom stereocenters. The number of fused-ring (bicyclic) bond motifs is 1. The molecule has 0 atom stereocenters. The molecule has 0 spiro atoms. The van der Waals surface area contributed by atoms with Gasteiger partial charge in [0.05, 0.1) is 0 Å². The molecule has 4 heteroatoms. The number of anilines is 1. The van der Waals surface area contributed by atoms with E-state index in [1.54, 1.807) is 0 Å². The SMILES string of the molecule is Cc1ccccc1N1CCN(C(=O)CCn2ccc3ccccc32)CC1. The summed E-state index contributed by atoms with van der Waals surface area (Å²) < 4.78 is 2.18. The summed E-state index contributed by atoms with van der Waals surface area (Å²) in [6.07, 6.45) is 2.64. The number of aryl methyl sites for hydroxylation is 2. The molecule has 2 aromatic carbocycles. The minimum absolute atomic E-state index is 0.257. The van der Waals surface area contributed by atoms with E-state index in [2.05, 4.69) is 65.1 Å². The fourth-order valence-electron chi connectivity index (χ4n) is 3.82. The second kappa shape index (κ2) is 7.24. The van der Waals surface area contributed by atoms with Crippen molar-refractivity contribution in [3.8, 4) is 0 Å². The van der Waals surface area contributed by atoms with Crippen LogP contribution in [0.15, 0.2) is 60.8 Å². The number of rotatable bonds is 4. The number of carbonyl (C=O) groups excluding carboxylic acids is 1. The van der Waals surface area contributed by atoms with Gasteiger partial charge in [0.2, 0.25) is 5.91 Å². The van der Waals surface area contributed by atoms with Crippen molar-refractivity contribution in [1.82, 2.24) is 9.47 Å². The number of hydrogen-bond acceptors (Lipinski definition) is 2. The lowest BCUT2D eigenvalue weighted by Crippen LogP contribution is -2.49. The van der Waals surface area contributed by atoms with E-state index < -0.39 is 0 Å². The van der Waals surface area contributed by atoms with Crippen molar-refractivity contribution in [2.75, 3.05) is 31.1 Å². The Labute approximate surface area is 154 Å². The van der Waals surface area contributed by atoms with Crippen LogP contribution in [0.2, 0.25) is 0 Å². The Morgan fingerprint density at radius 3 is 2.46 bits per heavy atom. The average Bonchev–Trinajstić information content (AvgIpc) is 3.10. The van der Waals surface area contributed by atoms with E-state index in [4.69, 9.17) is 0 Å². The average molecular weight is 347 g/mol. The number of benzene rings is 2. The molecule has 1 saturated heterocycles. The molecule has 0 radical (unpaired) electrons. The fourth-order valence-corrected chi connectivity index (χ4v) is 3.82. The van der Waals surface area contributed by atoms with Crippen LogP contribution in [0.3, 0.4) is 0 Å². The number of hydrogen-bond donors (Lipinski definition) is 0. The molecule has 1 amide bonds. The molecule has 0 saturated carbocycles. The topological polar surface area (TPSA) is 28.5 Å². The van der Waals surface area contributed by atoms with Gasteiger partial charge in [-0.05, 0) is 36.1 Å². The molecular formula is C22H25N3O. The zero-order valence-electron chi connectivity index (χ0n) is 15.3. The first-order chi connectivity index (χ1) is 12.7. The van der Waals surface area contributed by atoms with Gasteiger partial charge in [0.15, 0.2) is 0 Å². The maximum absolute atomic E-state index is 12.6. The molecule has 4 rings (SSSR count). The van der Waals surface area contributed by atoms with E-state index in [1.807, 2.05) is 17.0 Å². The van der Waals surface area contributed by atoms with Gasteiger partial charge < -0.3 is 14.4 Å². The summed E-state index contributed by atoms with van der Waals surface area (Å²) in [7, 11) is 0. The van der Waals surface area contributed by atoms with Gasteiger partial charge in [0.1, 0.15) is 0 Å². The molecule has 2 heterocycles. The van der Waals surface area contributed by atoms with E-state index >= 15 is 0 Å². The van der Waals surface area contributed by atoms with E-state index in [-0.39, 0.29) is 5.91 Å². The standard InChI is InChI=1S/C22H25N3O/c1-18-6-2-4-8-20(18)24-14-16-25(17-15-24)22(26)11-13-23-12-10-19-7-3-5-9-21(19)23/h2-10,12H,11,13-17H2,1H3. The second-order valence-corrected chi connectivity index (χ2v) is 6.97. The highest BCUT2D eigenvalue weighted by Crippen LogP contribution is 2.21. The molecule has 4 nitrogen and oxygen atoms in total. The third-order valence-corrected chi connectivity index (χ3v) is 5.34. The second-order valence-electron chi connectivity index (χ2n) is 6.97. The zero-order valence-corrected chi connectivity index (χ0v) is 15.3. The van der Waals surface area contributed by atoms with Gasteiger partial charge in [0.25, 0.3) is 0 Å². The highest BCUT2D eigenvalue weighted by Gasteiger charge is 2.21. The smallest absolute Gasteiger partial charge is 0.224 e. The summed E-state index contributed by atoms with van der Waals surface area (Å²) >= 11 is 0. The van der Waals surface area contributed by atoms with Crippen molar-refractivity contribution in [3.63, 3.8) is 0 Å². The van der Waals surface area contributed by atoms with Gasteiger partial charge >= 0.3 is 0 Å². The molecule has 1 aliphatic heterocycles. The maximum Gasteiger partial charge on any atom is 0.224 e. The fraction of sp³-hybridized carbons (Fsp3) is 0.318. The number of nitrogens with zero attached hydrogens (tertiary/aromatic N) is 3. The highest BCUT2D eigenvalue weighted by molar-refractivity contribution is 5.80. The summed E-state index contributed by atoms with van der Waals surface area (Å²) in [4.78, 5) is 17.0. The van der Waals surface area contributed by atoms with Crippen LogP contribution < -0.4 is 4.90 Å². The molecule has 1 aromatic heterocycles. The summed E-state index contributed by atoms with van der Waals surface area (Å²) in [6.45, 7) is 6.31. The van der Waals surface area contributed by atoms with Crippen LogP contribution in [0.4, 0.5) is 5.69 Å². The Morgan fingerprint density at radius 2 is 1.65 bits per heavy atom. The molecule has 134 valence electrons. The summed E-state index contributed by atoms with van der Waals surface area (Å²) in [5, 5.41) is 1.23. The number of amides is 1. The maximum atomic E-state index is 12.6. The van der Waals surface area contributed by atoms with Gasteiger partial charge in [-0.3, -0.25) is 4.79 Å². The van der Waals surface area contributed by atoms with Crippen LogP contribution >= 0.6 is 0 Å². The van der Waals surface area contributed by atoms with Crippen molar-refractivity contribution >= 4 is 22.5 Å². The Morgan fingerprint density at radius 1 is 0.923 bits per heavy atom. The molecule has 0 N–H and O–H groups in total. The Bertz CT molecular complexity index is 906. The van der Waals surface area contributed by atoms with Crippen molar-refractivity contribution in [2.24, 2.45) is 0 Å². The normalized spacial score (nSPS) is 14.8. The Hall–Kier alpha value is -2.75. The third-order valence-electron chi connectivity index (χ3n) is 5.34. The first-order valence-corrected chi connectivity index (χ1v) is 9.34. The lowest BCUT2D eigenvalue weighted by Gasteiger charge is -2.37. The number of aromatic nitrogens is 1. The molecule has 1 aliphatic rings. The van der Waals surface area contributed by atoms with Crippen molar-refractivity contribution in [1.29, 1.82) is 0 Å². The Balaban J connectivity index is 1.33. The van der Waals surface area contributed by atoms with Crippen LogP contribution in [-0.2, 0) is 11.3 Å². The van der Waals surface area contributed by atoms with Crippen molar-refractivity contribution in [2.45, 2.75) is 19.9 Å². The minimum atomic E-state index is 0.257.